The zero-order valence-corrected chi connectivity index (χ0v) is 18.5. The Bertz CT molecular complexity index is 1080. The first kappa shape index (κ1) is 21.8. The molecule has 1 aliphatic heterocycles. The van der Waals surface area contributed by atoms with Crippen LogP contribution < -0.4 is 10.2 Å². The number of hydrogen-bond acceptors (Lipinski definition) is 5. The average molecular weight is 449 g/mol. The van der Waals surface area contributed by atoms with Crippen LogP contribution in [0.4, 0.5) is 11.4 Å². The van der Waals surface area contributed by atoms with Crippen LogP contribution in [0.3, 0.4) is 0 Å². The third-order valence-electron chi connectivity index (χ3n) is 5.45. The van der Waals surface area contributed by atoms with Gasteiger partial charge in [0.05, 0.1) is 12.0 Å². The zero-order chi connectivity index (χ0) is 22.5. The molecule has 1 aromatic heterocycles. The van der Waals surface area contributed by atoms with Gasteiger partial charge < -0.3 is 15.0 Å². The molecule has 1 N–H and O–H groups in total. The van der Waals surface area contributed by atoms with Crippen molar-refractivity contribution in [2.75, 3.05) is 16.8 Å². The largest absolute Gasteiger partial charge is 0.455 e. The molecule has 32 heavy (non-hydrogen) atoms. The number of benzene rings is 2. The van der Waals surface area contributed by atoms with Crippen molar-refractivity contribution in [3.05, 3.63) is 82.6 Å². The van der Waals surface area contributed by atoms with E-state index in [-0.39, 0.29) is 18.9 Å². The van der Waals surface area contributed by atoms with E-state index in [2.05, 4.69) is 5.32 Å². The highest BCUT2D eigenvalue weighted by atomic mass is 32.1. The highest BCUT2D eigenvalue weighted by Crippen LogP contribution is 2.42. The third kappa shape index (κ3) is 4.89. The standard InChI is InChI=1S/C25H24N2O4S/c1-17-9-11-19(12-10-17)27-23(29)14-13-20(24(27)21-8-5-15-32-21)25(30)31-16-22(28)26-18-6-3-2-4-7-18/h2-12,15,20,24H,13-14,16H2,1H3,(H,26,28). The van der Waals surface area contributed by atoms with Crippen LogP contribution >= 0.6 is 11.3 Å². The van der Waals surface area contributed by atoms with E-state index in [1.54, 1.807) is 17.0 Å². The fourth-order valence-electron chi connectivity index (χ4n) is 3.90. The lowest BCUT2D eigenvalue weighted by molar-refractivity contribution is -0.153. The number of hydrogen-bond donors (Lipinski definition) is 1. The molecule has 0 spiro atoms. The van der Waals surface area contributed by atoms with Gasteiger partial charge in [-0.3, -0.25) is 14.4 Å². The van der Waals surface area contributed by atoms with Gasteiger partial charge in [-0.1, -0.05) is 42.0 Å². The van der Waals surface area contributed by atoms with Gasteiger partial charge in [-0.2, -0.15) is 0 Å². The molecule has 2 aromatic carbocycles. The smallest absolute Gasteiger partial charge is 0.311 e. The molecule has 2 atom stereocenters. The molecule has 0 radical (unpaired) electrons. The number of carbonyl (C=O) groups is 3. The number of rotatable bonds is 6. The van der Waals surface area contributed by atoms with E-state index in [0.29, 0.717) is 12.1 Å². The number of thiophene rings is 1. The highest BCUT2D eigenvalue weighted by Gasteiger charge is 2.43. The van der Waals surface area contributed by atoms with Gasteiger partial charge >= 0.3 is 5.97 Å². The van der Waals surface area contributed by atoms with Gasteiger partial charge in [0.2, 0.25) is 5.91 Å². The minimum Gasteiger partial charge on any atom is -0.455 e. The Morgan fingerprint density at radius 3 is 2.50 bits per heavy atom. The van der Waals surface area contributed by atoms with Gasteiger partial charge in [0.25, 0.3) is 5.91 Å². The van der Waals surface area contributed by atoms with Gasteiger partial charge in [0.15, 0.2) is 6.61 Å². The van der Waals surface area contributed by atoms with Crippen LogP contribution in [0, 0.1) is 12.8 Å². The van der Waals surface area contributed by atoms with Gasteiger partial charge in [0.1, 0.15) is 0 Å². The highest BCUT2D eigenvalue weighted by molar-refractivity contribution is 7.10. The lowest BCUT2D eigenvalue weighted by Gasteiger charge is -2.39. The second-order valence-corrected chi connectivity index (χ2v) is 8.71. The number of amides is 2. The number of ether oxygens (including phenoxy) is 1. The molecule has 6 nitrogen and oxygen atoms in total. The summed E-state index contributed by atoms with van der Waals surface area (Å²) < 4.78 is 5.40. The predicted molar refractivity (Wildman–Crippen MR) is 124 cm³/mol. The van der Waals surface area contributed by atoms with Crippen molar-refractivity contribution in [1.29, 1.82) is 0 Å². The number of anilines is 2. The fraction of sp³-hybridized carbons (Fsp3) is 0.240. The molecular weight excluding hydrogens is 424 g/mol. The molecule has 0 saturated carbocycles. The van der Waals surface area contributed by atoms with E-state index in [4.69, 9.17) is 4.74 Å². The van der Waals surface area contributed by atoms with Gasteiger partial charge in [-0.15, -0.1) is 11.3 Å². The lowest BCUT2D eigenvalue weighted by Crippen LogP contribution is -2.46. The maximum absolute atomic E-state index is 13.1. The summed E-state index contributed by atoms with van der Waals surface area (Å²) >= 11 is 1.50. The summed E-state index contributed by atoms with van der Waals surface area (Å²) in [4.78, 5) is 40.8. The minimum absolute atomic E-state index is 0.0295. The third-order valence-corrected chi connectivity index (χ3v) is 6.39. The second-order valence-electron chi connectivity index (χ2n) is 7.73. The summed E-state index contributed by atoms with van der Waals surface area (Å²) in [6, 6.07) is 20.1. The maximum Gasteiger partial charge on any atom is 0.311 e. The number of piperidine rings is 1. The Morgan fingerprint density at radius 2 is 1.81 bits per heavy atom. The number of nitrogens with zero attached hydrogens (tertiary/aromatic N) is 1. The Balaban J connectivity index is 1.52. The van der Waals surface area contributed by atoms with Crippen molar-refractivity contribution < 1.29 is 19.1 Å². The quantitative estimate of drug-likeness (QED) is 0.554. The lowest BCUT2D eigenvalue weighted by atomic mass is 9.87. The summed E-state index contributed by atoms with van der Waals surface area (Å²) in [5, 5.41) is 4.64. The van der Waals surface area contributed by atoms with Crippen molar-refractivity contribution in [3.8, 4) is 0 Å². The Kier molecular flexibility index (Phi) is 6.66. The SMILES string of the molecule is Cc1ccc(N2C(=O)CCC(C(=O)OCC(=O)Nc3ccccc3)C2c2cccs2)cc1. The number of carbonyl (C=O) groups excluding carboxylic acids is 3. The number of nitrogens with one attached hydrogen (secondary N) is 1. The van der Waals surface area contributed by atoms with Crippen LogP contribution in [0.2, 0.25) is 0 Å². The van der Waals surface area contributed by atoms with Crippen LogP contribution in [0.5, 0.6) is 0 Å². The molecule has 3 aromatic rings. The molecule has 1 aliphatic rings. The number of para-hydroxylation sites is 1. The molecule has 4 rings (SSSR count). The number of esters is 1. The van der Waals surface area contributed by atoms with Gasteiger partial charge in [-0.25, -0.2) is 0 Å². The van der Waals surface area contributed by atoms with E-state index in [9.17, 15) is 14.4 Å². The molecule has 0 aliphatic carbocycles. The Hall–Kier alpha value is -3.45. The summed E-state index contributed by atoms with van der Waals surface area (Å²) in [6.45, 7) is 1.61. The Morgan fingerprint density at radius 1 is 1.06 bits per heavy atom. The van der Waals surface area contributed by atoms with Crippen molar-refractivity contribution in [2.45, 2.75) is 25.8 Å². The first-order chi connectivity index (χ1) is 15.5. The van der Waals surface area contributed by atoms with Crippen molar-refractivity contribution in [2.24, 2.45) is 5.92 Å². The normalized spacial score (nSPS) is 18.3. The Labute approximate surface area is 190 Å². The predicted octanol–water partition coefficient (Wildman–Crippen LogP) is 4.72. The molecule has 2 heterocycles. The van der Waals surface area contributed by atoms with Crippen molar-refractivity contribution in [3.63, 3.8) is 0 Å². The first-order valence-corrected chi connectivity index (χ1v) is 11.3. The summed E-state index contributed by atoms with van der Waals surface area (Å²) in [6.07, 6.45) is 0.620. The van der Waals surface area contributed by atoms with Crippen LogP contribution in [0.15, 0.2) is 72.1 Å². The fourth-order valence-corrected chi connectivity index (χ4v) is 4.78. The summed E-state index contributed by atoms with van der Waals surface area (Å²) in [5.74, 6) is -1.47. The van der Waals surface area contributed by atoms with E-state index < -0.39 is 23.8 Å². The molecule has 0 bridgehead atoms. The van der Waals surface area contributed by atoms with E-state index in [0.717, 1.165) is 16.1 Å². The molecule has 1 saturated heterocycles. The van der Waals surface area contributed by atoms with Gasteiger partial charge in [0, 0.05) is 22.7 Å². The zero-order valence-electron chi connectivity index (χ0n) is 17.7. The summed E-state index contributed by atoms with van der Waals surface area (Å²) in [7, 11) is 0. The second kappa shape index (κ2) is 9.78. The molecule has 2 unspecified atom stereocenters. The van der Waals surface area contributed by atoms with Crippen LogP contribution in [0.1, 0.15) is 29.3 Å². The minimum atomic E-state index is -0.558. The monoisotopic (exact) mass is 448 g/mol. The average Bonchev–Trinajstić information content (AvgIpc) is 3.33. The van der Waals surface area contributed by atoms with E-state index in [1.807, 2.05) is 66.9 Å². The van der Waals surface area contributed by atoms with Crippen molar-refractivity contribution >= 4 is 40.5 Å². The number of aryl methyl sites for hydroxylation is 1. The molecule has 2 amide bonds. The topological polar surface area (TPSA) is 75.7 Å². The molecule has 1 fully saturated rings. The van der Waals surface area contributed by atoms with Crippen molar-refractivity contribution in [1.82, 2.24) is 0 Å². The summed E-state index contributed by atoms with van der Waals surface area (Å²) in [5.41, 5.74) is 2.48. The van der Waals surface area contributed by atoms with Crippen LogP contribution in [-0.4, -0.2) is 24.4 Å². The van der Waals surface area contributed by atoms with Crippen LogP contribution in [-0.2, 0) is 19.1 Å². The molecular formula is C25H24N2O4S. The van der Waals surface area contributed by atoms with E-state index in [1.165, 1.54) is 11.3 Å². The van der Waals surface area contributed by atoms with Gasteiger partial charge in [-0.05, 0) is 49.1 Å². The molecule has 164 valence electrons. The molecule has 7 heteroatoms. The van der Waals surface area contributed by atoms with Crippen LogP contribution in [0.25, 0.3) is 0 Å². The first-order valence-electron chi connectivity index (χ1n) is 10.5. The maximum atomic E-state index is 13.1. The van der Waals surface area contributed by atoms with E-state index >= 15 is 0 Å².